The van der Waals surface area contributed by atoms with Gasteiger partial charge in [-0.25, -0.2) is 4.79 Å². The molecule has 1 aromatic carbocycles. The van der Waals surface area contributed by atoms with Gasteiger partial charge < -0.3 is 15.2 Å². The summed E-state index contributed by atoms with van der Waals surface area (Å²) in [5.74, 6) is -0.245. The molecule has 0 unspecified atom stereocenters. The largest absolute Gasteiger partial charge is 0.481 e. The zero-order valence-corrected chi connectivity index (χ0v) is 9.86. The molecule has 0 amide bonds. The van der Waals surface area contributed by atoms with Crippen LogP contribution in [0.2, 0.25) is 0 Å². The third-order valence-corrected chi connectivity index (χ3v) is 2.20. The van der Waals surface area contributed by atoms with Gasteiger partial charge in [0.25, 0.3) is 0 Å². The molecule has 17 heavy (non-hydrogen) atoms. The summed E-state index contributed by atoms with van der Waals surface area (Å²) in [6.45, 7) is 1.51. The lowest BCUT2D eigenvalue weighted by Gasteiger charge is -2.10. The number of methoxy groups -OCH3 is 1. The minimum Gasteiger partial charge on any atom is -0.481 e. The molecule has 0 atom stereocenters. The van der Waals surface area contributed by atoms with E-state index in [1.807, 2.05) is 0 Å². The van der Waals surface area contributed by atoms with Gasteiger partial charge in [-0.05, 0) is 18.2 Å². The van der Waals surface area contributed by atoms with Gasteiger partial charge in [-0.1, -0.05) is 6.92 Å². The maximum Gasteiger partial charge on any atom is 0.343 e. The SMILES string of the molecule is CCC(=O)c1cc(N)ccc1OCC(=O)OC. The molecule has 0 aromatic heterocycles. The zero-order valence-electron chi connectivity index (χ0n) is 9.86. The molecule has 1 aromatic rings. The van der Waals surface area contributed by atoms with E-state index >= 15 is 0 Å². The molecular formula is C12H15NO4. The first-order valence-electron chi connectivity index (χ1n) is 5.20. The molecule has 0 saturated heterocycles. The third-order valence-electron chi connectivity index (χ3n) is 2.20. The van der Waals surface area contributed by atoms with Gasteiger partial charge in [0.1, 0.15) is 5.75 Å². The zero-order chi connectivity index (χ0) is 12.8. The highest BCUT2D eigenvalue weighted by molar-refractivity contribution is 5.99. The average molecular weight is 237 g/mol. The van der Waals surface area contributed by atoms with E-state index in [1.165, 1.54) is 7.11 Å². The quantitative estimate of drug-likeness (QED) is 0.476. The maximum absolute atomic E-state index is 11.6. The van der Waals surface area contributed by atoms with Gasteiger partial charge in [0.15, 0.2) is 12.4 Å². The van der Waals surface area contributed by atoms with Crippen LogP contribution in [0.4, 0.5) is 5.69 Å². The van der Waals surface area contributed by atoms with Gasteiger partial charge in [-0.2, -0.15) is 0 Å². The summed E-state index contributed by atoms with van der Waals surface area (Å²) in [7, 11) is 1.27. The van der Waals surface area contributed by atoms with Crippen molar-refractivity contribution in [2.45, 2.75) is 13.3 Å². The van der Waals surface area contributed by atoms with Gasteiger partial charge in [0.05, 0.1) is 12.7 Å². The predicted molar refractivity (Wildman–Crippen MR) is 63.0 cm³/mol. The summed E-state index contributed by atoms with van der Waals surface area (Å²) in [5, 5.41) is 0. The number of hydrogen-bond donors (Lipinski definition) is 1. The number of rotatable bonds is 5. The fourth-order valence-electron chi connectivity index (χ4n) is 1.28. The summed E-state index contributed by atoms with van der Waals surface area (Å²) in [4.78, 5) is 22.6. The number of ketones is 1. The van der Waals surface area contributed by atoms with Gasteiger partial charge in [0, 0.05) is 12.1 Å². The Labute approximate surface area is 99.5 Å². The minimum absolute atomic E-state index is 0.0860. The van der Waals surface area contributed by atoms with E-state index in [9.17, 15) is 9.59 Å². The highest BCUT2D eigenvalue weighted by Gasteiger charge is 2.12. The monoisotopic (exact) mass is 237 g/mol. The van der Waals surface area contributed by atoms with Crippen LogP contribution in [0, 0.1) is 0 Å². The van der Waals surface area contributed by atoms with E-state index < -0.39 is 5.97 Å². The van der Waals surface area contributed by atoms with Crippen LogP contribution in [0.3, 0.4) is 0 Å². The molecule has 0 aliphatic rings. The Morgan fingerprint density at radius 3 is 2.65 bits per heavy atom. The van der Waals surface area contributed by atoms with Crippen LogP contribution in [-0.2, 0) is 9.53 Å². The second kappa shape index (κ2) is 5.89. The van der Waals surface area contributed by atoms with Crippen molar-refractivity contribution in [1.29, 1.82) is 0 Å². The summed E-state index contributed by atoms with van der Waals surface area (Å²) in [5.41, 5.74) is 6.47. The number of nitrogens with two attached hydrogens (primary N) is 1. The van der Waals surface area contributed by atoms with Crippen LogP contribution in [0.1, 0.15) is 23.7 Å². The first-order chi connectivity index (χ1) is 8.08. The number of Topliss-reactive ketones (excluding diaryl/α,β-unsaturated/α-hetero) is 1. The Morgan fingerprint density at radius 1 is 1.35 bits per heavy atom. The van der Waals surface area contributed by atoms with E-state index in [-0.39, 0.29) is 12.4 Å². The van der Waals surface area contributed by atoms with Crippen LogP contribution >= 0.6 is 0 Å². The van der Waals surface area contributed by atoms with E-state index in [2.05, 4.69) is 4.74 Å². The van der Waals surface area contributed by atoms with Crippen molar-refractivity contribution in [3.8, 4) is 5.75 Å². The van der Waals surface area contributed by atoms with Crippen LogP contribution in [0.5, 0.6) is 5.75 Å². The van der Waals surface area contributed by atoms with Crippen LogP contribution < -0.4 is 10.5 Å². The molecule has 0 bridgehead atoms. The molecular weight excluding hydrogens is 222 g/mol. The average Bonchev–Trinajstić information content (AvgIpc) is 2.35. The highest BCUT2D eigenvalue weighted by atomic mass is 16.6. The third kappa shape index (κ3) is 3.48. The molecule has 0 spiro atoms. The minimum atomic E-state index is -0.503. The number of benzene rings is 1. The van der Waals surface area contributed by atoms with Crippen molar-refractivity contribution in [2.24, 2.45) is 0 Å². The second-order valence-corrected chi connectivity index (χ2v) is 3.40. The Kier molecular flexibility index (Phi) is 4.51. The van der Waals surface area contributed by atoms with Crippen LogP contribution in [0.25, 0.3) is 0 Å². The molecule has 0 aliphatic heterocycles. The number of ether oxygens (including phenoxy) is 2. The van der Waals surface area contributed by atoms with Crippen molar-refractivity contribution < 1.29 is 19.1 Å². The van der Waals surface area contributed by atoms with E-state index in [0.717, 1.165) is 0 Å². The summed E-state index contributed by atoms with van der Waals surface area (Å²) < 4.78 is 9.67. The van der Waals surface area contributed by atoms with Crippen molar-refractivity contribution in [3.05, 3.63) is 23.8 Å². The number of carbonyl (C=O) groups is 2. The van der Waals surface area contributed by atoms with E-state index in [4.69, 9.17) is 10.5 Å². The molecule has 1 rings (SSSR count). The van der Waals surface area contributed by atoms with Crippen molar-refractivity contribution in [3.63, 3.8) is 0 Å². The molecule has 0 fully saturated rings. The molecule has 0 heterocycles. The van der Waals surface area contributed by atoms with Crippen molar-refractivity contribution in [1.82, 2.24) is 0 Å². The molecule has 2 N–H and O–H groups in total. The molecule has 0 aliphatic carbocycles. The lowest BCUT2D eigenvalue weighted by atomic mass is 10.1. The predicted octanol–water partition coefficient (Wildman–Crippen LogP) is 1.41. The molecule has 5 heteroatoms. The molecule has 0 radical (unpaired) electrons. The Balaban J connectivity index is 2.90. The van der Waals surface area contributed by atoms with E-state index in [0.29, 0.717) is 23.4 Å². The van der Waals surface area contributed by atoms with Crippen LogP contribution in [-0.4, -0.2) is 25.5 Å². The Morgan fingerprint density at radius 2 is 2.06 bits per heavy atom. The number of hydrogen-bond acceptors (Lipinski definition) is 5. The first kappa shape index (κ1) is 13.0. The number of carbonyl (C=O) groups excluding carboxylic acids is 2. The fourth-order valence-corrected chi connectivity index (χ4v) is 1.28. The first-order valence-corrected chi connectivity index (χ1v) is 5.20. The fraction of sp³-hybridized carbons (Fsp3) is 0.333. The van der Waals surface area contributed by atoms with E-state index in [1.54, 1.807) is 25.1 Å². The number of esters is 1. The number of nitrogen functional groups attached to an aromatic ring is 1. The highest BCUT2D eigenvalue weighted by Crippen LogP contribution is 2.22. The van der Waals surface area contributed by atoms with Gasteiger partial charge in [-0.3, -0.25) is 4.79 Å². The molecule has 5 nitrogen and oxygen atoms in total. The summed E-state index contributed by atoms with van der Waals surface area (Å²) in [6, 6.07) is 4.72. The lowest BCUT2D eigenvalue weighted by molar-refractivity contribution is -0.142. The van der Waals surface area contributed by atoms with Gasteiger partial charge in [-0.15, -0.1) is 0 Å². The van der Waals surface area contributed by atoms with Crippen LogP contribution in [0.15, 0.2) is 18.2 Å². The standard InChI is InChI=1S/C12H15NO4/c1-3-10(14)9-6-8(13)4-5-11(9)17-7-12(15)16-2/h4-6H,3,7,13H2,1-2H3. The normalized spacial score (nSPS) is 9.76. The summed E-state index contributed by atoms with van der Waals surface area (Å²) in [6.07, 6.45) is 0.345. The summed E-state index contributed by atoms with van der Waals surface area (Å²) >= 11 is 0. The number of anilines is 1. The van der Waals surface area contributed by atoms with Gasteiger partial charge >= 0.3 is 5.97 Å². The topological polar surface area (TPSA) is 78.6 Å². The molecule has 92 valence electrons. The Hall–Kier alpha value is -2.04. The Bertz CT molecular complexity index is 429. The second-order valence-electron chi connectivity index (χ2n) is 3.40. The van der Waals surface area contributed by atoms with Crippen molar-refractivity contribution >= 4 is 17.4 Å². The van der Waals surface area contributed by atoms with Crippen molar-refractivity contribution in [2.75, 3.05) is 19.5 Å². The van der Waals surface area contributed by atoms with Gasteiger partial charge in [0.2, 0.25) is 0 Å². The molecule has 0 saturated carbocycles. The lowest BCUT2D eigenvalue weighted by Crippen LogP contribution is -2.14. The maximum atomic E-state index is 11.6. The smallest absolute Gasteiger partial charge is 0.343 e.